The molecule has 9 heteroatoms. The summed E-state index contributed by atoms with van der Waals surface area (Å²) in [6, 6.07) is 6.95. The zero-order valence-corrected chi connectivity index (χ0v) is 15.7. The highest BCUT2D eigenvalue weighted by molar-refractivity contribution is 8.16. The van der Waals surface area contributed by atoms with Crippen LogP contribution >= 0.6 is 23.4 Å². The highest BCUT2D eigenvalue weighted by Gasteiger charge is 2.49. The van der Waals surface area contributed by atoms with Gasteiger partial charge in [0.1, 0.15) is 6.10 Å². The van der Waals surface area contributed by atoms with Crippen molar-refractivity contribution in [3.05, 3.63) is 29.3 Å². The Balaban J connectivity index is 1.69. The first-order chi connectivity index (χ1) is 11.9. The summed E-state index contributed by atoms with van der Waals surface area (Å²) < 4.78 is 29.5. The van der Waals surface area contributed by atoms with E-state index in [2.05, 4.69) is 4.99 Å². The molecule has 0 saturated carbocycles. The summed E-state index contributed by atoms with van der Waals surface area (Å²) in [6.45, 7) is 0.579. The van der Waals surface area contributed by atoms with Gasteiger partial charge in [-0.15, -0.1) is 0 Å². The van der Waals surface area contributed by atoms with Crippen molar-refractivity contribution >= 4 is 50.0 Å². The fraction of sp³-hybridized carbons (Fsp3) is 0.500. The molecule has 1 aromatic rings. The normalized spacial score (nSPS) is 32.3. The SMILES string of the molecule is O=C(N=C1S[C@@H]2CS(=O)(=O)C[C@@H]2N1c1cccc(Cl)c1)[C@H]1CCCO1. The first-order valence-corrected chi connectivity index (χ1v) is 11.2. The number of fused-ring (bicyclic) bond motifs is 1. The average Bonchev–Trinajstić information content (AvgIpc) is 3.21. The lowest BCUT2D eigenvalue weighted by atomic mass is 10.2. The standard InChI is InChI=1S/C16H17ClN2O4S2/c17-10-3-1-4-11(7-10)19-12-8-25(21,22)9-14(12)24-16(19)18-15(20)13-5-2-6-23-13/h1,3-4,7,12-14H,2,5-6,8-9H2/t12-,13+,14+/m0/s1. The number of rotatable bonds is 2. The molecule has 0 bridgehead atoms. The molecule has 6 nitrogen and oxygen atoms in total. The Hall–Kier alpha value is -1.09. The van der Waals surface area contributed by atoms with E-state index in [4.69, 9.17) is 16.3 Å². The van der Waals surface area contributed by atoms with Gasteiger partial charge in [-0.2, -0.15) is 4.99 Å². The van der Waals surface area contributed by atoms with E-state index in [-0.39, 0.29) is 28.7 Å². The quantitative estimate of drug-likeness (QED) is 0.756. The van der Waals surface area contributed by atoms with Gasteiger partial charge in [0, 0.05) is 22.6 Å². The number of halogens is 1. The van der Waals surface area contributed by atoms with Gasteiger partial charge in [0.05, 0.1) is 17.5 Å². The Bertz CT molecular complexity index is 836. The van der Waals surface area contributed by atoms with Gasteiger partial charge in [-0.3, -0.25) is 4.79 Å². The molecule has 25 heavy (non-hydrogen) atoms. The molecule has 3 heterocycles. The van der Waals surface area contributed by atoms with Gasteiger partial charge in [-0.25, -0.2) is 8.42 Å². The van der Waals surface area contributed by atoms with E-state index < -0.39 is 15.9 Å². The van der Waals surface area contributed by atoms with Gasteiger partial charge in [0.15, 0.2) is 15.0 Å². The fourth-order valence-electron chi connectivity index (χ4n) is 3.43. The Morgan fingerprint density at radius 2 is 2.20 bits per heavy atom. The van der Waals surface area contributed by atoms with Gasteiger partial charge in [0.2, 0.25) is 0 Å². The summed E-state index contributed by atoms with van der Waals surface area (Å²) in [7, 11) is -3.08. The molecule has 1 aromatic carbocycles. The van der Waals surface area contributed by atoms with Gasteiger partial charge < -0.3 is 9.64 Å². The Morgan fingerprint density at radius 3 is 2.92 bits per heavy atom. The number of nitrogens with zero attached hydrogens (tertiary/aromatic N) is 2. The molecule has 3 atom stereocenters. The lowest BCUT2D eigenvalue weighted by Crippen LogP contribution is -2.38. The van der Waals surface area contributed by atoms with Crippen molar-refractivity contribution < 1.29 is 17.9 Å². The van der Waals surface area contributed by atoms with Crippen molar-refractivity contribution in [3.8, 4) is 0 Å². The van der Waals surface area contributed by atoms with Crippen LogP contribution in [0.1, 0.15) is 12.8 Å². The lowest BCUT2D eigenvalue weighted by molar-refractivity contribution is -0.126. The average molecular weight is 401 g/mol. The molecular formula is C16H17ClN2O4S2. The molecule has 3 aliphatic rings. The molecule has 0 radical (unpaired) electrons. The van der Waals surface area contributed by atoms with E-state index in [0.29, 0.717) is 23.2 Å². The number of sulfone groups is 1. The monoisotopic (exact) mass is 400 g/mol. The maximum absolute atomic E-state index is 12.4. The minimum atomic E-state index is -3.08. The largest absolute Gasteiger partial charge is 0.368 e. The molecule has 0 aromatic heterocycles. The predicted octanol–water partition coefficient (Wildman–Crippen LogP) is 2.12. The van der Waals surface area contributed by atoms with Crippen molar-refractivity contribution in [2.45, 2.75) is 30.2 Å². The predicted molar refractivity (Wildman–Crippen MR) is 99.2 cm³/mol. The number of carbonyl (C=O) groups excluding carboxylic acids is 1. The van der Waals surface area contributed by atoms with E-state index in [9.17, 15) is 13.2 Å². The topological polar surface area (TPSA) is 76.0 Å². The molecule has 0 unspecified atom stereocenters. The van der Waals surface area contributed by atoms with Crippen LogP contribution in [0.4, 0.5) is 5.69 Å². The highest BCUT2D eigenvalue weighted by Crippen LogP contribution is 2.41. The number of hydrogen-bond acceptors (Lipinski definition) is 5. The van der Waals surface area contributed by atoms with Gasteiger partial charge in [0.25, 0.3) is 5.91 Å². The number of benzene rings is 1. The van der Waals surface area contributed by atoms with Crippen molar-refractivity contribution in [2.24, 2.45) is 4.99 Å². The Kier molecular flexibility index (Phi) is 4.56. The van der Waals surface area contributed by atoms with Crippen LogP contribution in [0.2, 0.25) is 5.02 Å². The van der Waals surface area contributed by atoms with Gasteiger partial charge in [-0.1, -0.05) is 29.4 Å². The number of ether oxygens (including phenoxy) is 1. The zero-order chi connectivity index (χ0) is 17.6. The molecule has 134 valence electrons. The number of amides is 1. The number of thioether (sulfide) groups is 1. The summed E-state index contributed by atoms with van der Waals surface area (Å²) >= 11 is 7.46. The summed E-state index contributed by atoms with van der Waals surface area (Å²) in [6.07, 6.45) is 1.05. The molecule has 0 spiro atoms. The number of amidine groups is 1. The number of carbonyl (C=O) groups is 1. The summed E-state index contributed by atoms with van der Waals surface area (Å²) in [5.41, 5.74) is 0.753. The van der Waals surface area contributed by atoms with Crippen LogP contribution < -0.4 is 4.90 Å². The van der Waals surface area contributed by atoms with Crippen molar-refractivity contribution in [1.82, 2.24) is 0 Å². The van der Waals surface area contributed by atoms with Crippen LogP contribution in [0.25, 0.3) is 0 Å². The Morgan fingerprint density at radius 1 is 1.36 bits per heavy atom. The zero-order valence-electron chi connectivity index (χ0n) is 13.3. The number of hydrogen-bond donors (Lipinski definition) is 0. The van der Waals surface area contributed by atoms with Crippen LogP contribution in [0, 0.1) is 0 Å². The molecule has 3 saturated heterocycles. The summed E-state index contributed by atoms with van der Waals surface area (Å²) in [4.78, 5) is 18.5. The third kappa shape index (κ3) is 3.45. The lowest BCUT2D eigenvalue weighted by Gasteiger charge is -2.24. The Labute approximate surface area is 155 Å². The van der Waals surface area contributed by atoms with Crippen molar-refractivity contribution in [3.63, 3.8) is 0 Å². The second-order valence-corrected chi connectivity index (χ2v) is 10.2. The second kappa shape index (κ2) is 6.57. The molecule has 4 rings (SSSR count). The molecule has 3 fully saturated rings. The van der Waals surface area contributed by atoms with E-state index in [0.717, 1.165) is 12.1 Å². The first-order valence-electron chi connectivity index (χ1n) is 8.09. The molecular weight excluding hydrogens is 384 g/mol. The molecule has 1 amide bonds. The van der Waals surface area contributed by atoms with Crippen LogP contribution in [0.3, 0.4) is 0 Å². The third-order valence-corrected chi connectivity index (χ3v) is 8.01. The number of anilines is 1. The second-order valence-electron chi connectivity index (χ2n) is 6.38. The van der Waals surface area contributed by atoms with Crippen LogP contribution in [0.5, 0.6) is 0 Å². The first kappa shape index (κ1) is 17.3. The van der Waals surface area contributed by atoms with Gasteiger partial charge in [-0.05, 0) is 31.0 Å². The number of aliphatic imine (C=N–C) groups is 1. The minimum absolute atomic E-state index is 0.0598. The van der Waals surface area contributed by atoms with Crippen molar-refractivity contribution in [1.29, 1.82) is 0 Å². The smallest absolute Gasteiger partial charge is 0.277 e. The summed E-state index contributed by atoms with van der Waals surface area (Å²) in [5.74, 6) is -0.133. The van der Waals surface area contributed by atoms with Crippen LogP contribution in [-0.4, -0.2) is 55.0 Å². The van der Waals surface area contributed by atoms with Gasteiger partial charge >= 0.3 is 0 Å². The molecule has 0 aliphatic carbocycles. The molecule has 3 aliphatic heterocycles. The maximum atomic E-state index is 12.4. The van der Waals surface area contributed by atoms with Crippen LogP contribution in [-0.2, 0) is 19.4 Å². The van der Waals surface area contributed by atoms with Crippen molar-refractivity contribution in [2.75, 3.05) is 23.0 Å². The van der Waals surface area contributed by atoms with E-state index in [1.54, 1.807) is 18.2 Å². The molecule has 0 N–H and O–H groups in total. The fourth-order valence-corrected chi connectivity index (χ4v) is 7.53. The minimum Gasteiger partial charge on any atom is -0.368 e. The van der Waals surface area contributed by atoms with Crippen LogP contribution in [0.15, 0.2) is 29.3 Å². The van der Waals surface area contributed by atoms with E-state index in [1.807, 2.05) is 11.0 Å². The van der Waals surface area contributed by atoms with E-state index in [1.165, 1.54) is 11.8 Å². The maximum Gasteiger partial charge on any atom is 0.277 e. The highest BCUT2D eigenvalue weighted by atomic mass is 35.5. The third-order valence-electron chi connectivity index (χ3n) is 4.56. The van der Waals surface area contributed by atoms with E-state index >= 15 is 0 Å². The summed E-state index contributed by atoms with van der Waals surface area (Å²) in [5, 5.41) is 0.962.